The van der Waals surface area contributed by atoms with Crippen molar-refractivity contribution < 1.29 is 22.8 Å². The molecule has 2 atom stereocenters. The lowest BCUT2D eigenvalue weighted by molar-refractivity contribution is -0.137. The minimum absolute atomic E-state index is 0.0154. The van der Waals surface area contributed by atoms with Crippen LogP contribution in [-0.4, -0.2) is 76.9 Å². The minimum atomic E-state index is -4.67. The Hall–Kier alpha value is -3.41. The number of alkyl halides is 3. The van der Waals surface area contributed by atoms with E-state index < -0.39 is 23.7 Å². The molecule has 3 N–H and O–H groups in total. The molecule has 3 fully saturated rings. The van der Waals surface area contributed by atoms with Crippen molar-refractivity contribution in [1.29, 1.82) is 0 Å². The maximum absolute atomic E-state index is 14.0. The average Bonchev–Trinajstić information content (AvgIpc) is 3.46. The molecule has 2 saturated carbocycles. The first-order valence-electron chi connectivity index (χ1n) is 15.8. The summed E-state index contributed by atoms with van der Waals surface area (Å²) in [5.41, 5.74) is 0.0864. The Labute approximate surface area is 257 Å². The van der Waals surface area contributed by atoms with Crippen molar-refractivity contribution in [2.45, 2.75) is 89.0 Å². The van der Waals surface area contributed by atoms with Gasteiger partial charge in [0, 0.05) is 42.6 Å². The van der Waals surface area contributed by atoms with Crippen molar-refractivity contribution >= 4 is 29.3 Å². The zero-order chi connectivity index (χ0) is 31.4. The Morgan fingerprint density at radius 1 is 0.977 bits per heavy atom. The Morgan fingerprint density at radius 2 is 1.66 bits per heavy atom. The smallest absolute Gasteiger partial charge is 0.366 e. The molecule has 0 radical (unpaired) electrons. The Balaban J connectivity index is 1.25. The van der Waals surface area contributed by atoms with Gasteiger partial charge in [-0.25, -0.2) is 4.98 Å². The lowest BCUT2D eigenvalue weighted by Crippen LogP contribution is -2.44. The van der Waals surface area contributed by atoms with E-state index in [1.165, 1.54) is 0 Å². The zero-order valence-electron chi connectivity index (χ0n) is 25.8. The highest BCUT2D eigenvalue weighted by Crippen LogP contribution is 2.37. The minimum Gasteiger partial charge on any atom is -0.366 e. The summed E-state index contributed by atoms with van der Waals surface area (Å²) >= 11 is 0. The van der Waals surface area contributed by atoms with E-state index in [0.717, 1.165) is 64.2 Å². The summed E-state index contributed by atoms with van der Waals surface area (Å²) in [6, 6.07) is 6.59. The lowest BCUT2D eigenvalue weighted by Gasteiger charge is -2.35. The highest BCUT2D eigenvalue weighted by Gasteiger charge is 2.39. The van der Waals surface area contributed by atoms with Gasteiger partial charge in [0.1, 0.15) is 11.4 Å². The van der Waals surface area contributed by atoms with Crippen LogP contribution in [0.4, 0.5) is 30.6 Å². The van der Waals surface area contributed by atoms with Crippen molar-refractivity contribution in [3.05, 3.63) is 41.6 Å². The van der Waals surface area contributed by atoms with Crippen molar-refractivity contribution in [2.24, 2.45) is 11.8 Å². The van der Waals surface area contributed by atoms with Crippen LogP contribution in [0.25, 0.3) is 0 Å². The number of carbonyl (C=O) groups excluding carboxylic acids is 2. The fraction of sp³-hybridized carbons (Fsp3) is 0.625. The standard InChI is InChI=1S/C32H44F3N7O2/c1-20-7-11-22(12-8-20)37-29(43)25-5-4-6-27(25)39-28-26(32(33,34)35)19-36-31(40-28)38-23-13-9-21(10-14-23)30(44)42(3)24-15-17-41(2)18-16-24/h9-10,13-14,19-20,22,24-25,27H,4-8,11-12,15-18H2,1-3H3,(H,37,43)(H2,36,38,39,40)/t20-,22-,25-,27+/m0/s1. The van der Waals surface area contributed by atoms with Crippen LogP contribution < -0.4 is 16.0 Å². The van der Waals surface area contributed by atoms with E-state index in [2.05, 4.69) is 44.8 Å². The molecule has 12 heteroatoms. The van der Waals surface area contributed by atoms with Gasteiger partial charge in [0.15, 0.2) is 0 Å². The third kappa shape index (κ3) is 7.80. The maximum atomic E-state index is 14.0. The average molecular weight is 616 g/mol. The van der Waals surface area contributed by atoms with Gasteiger partial charge in [0.2, 0.25) is 11.9 Å². The topological polar surface area (TPSA) is 102 Å². The van der Waals surface area contributed by atoms with Crippen LogP contribution in [-0.2, 0) is 11.0 Å². The normalized spacial score (nSPS) is 25.0. The van der Waals surface area contributed by atoms with E-state index in [1.807, 2.05) is 7.05 Å². The lowest BCUT2D eigenvalue weighted by atomic mass is 9.87. The summed E-state index contributed by atoms with van der Waals surface area (Å²) in [4.78, 5) is 38.4. The van der Waals surface area contributed by atoms with E-state index >= 15 is 0 Å². The molecule has 3 aliphatic rings. The van der Waals surface area contributed by atoms with Gasteiger partial charge < -0.3 is 25.8 Å². The number of carbonyl (C=O) groups is 2. The fourth-order valence-corrected chi connectivity index (χ4v) is 6.67. The third-order valence-corrected chi connectivity index (χ3v) is 9.58. The van der Waals surface area contributed by atoms with Gasteiger partial charge in [-0.15, -0.1) is 0 Å². The Bertz CT molecular complexity index is 1290. The molecule has 1 aliphatic heterocycles. The Kier molecular flexibility index (Phi) is 9.97. The number of nitrogens with one attached hydrogen (secondary N) is 3. The number of amides is 2. The van der Waals surface area contributed by atoms with Crippen molar-refractivity contribution in [3.8, 4) is 0 Å². The summed E-state index contributed by atoms with van der Waals surface area (Å²) in [5, 5.41) is 9.08. The number of piperidine rings is 1. The quantitative estimate of drug-likeness (QED) is 0.351. The second kappa shape index (κ2) is 13.7. The summed E-state index contributed by atoms with van der Waals surface area (Å²) < 4.78 is 41.9. The largest absolute Gasteiger partial charge is 0.421 e. The molecule has 0 bridgehead atoms. The van der Waals surface area contributed by atoms with E-state index in [1.54, 1.807) is 29.2 Å². The molecule has 5 rings (SSSR count). The number of likely N-dealkylation sites (tertiary alicyclic amines) is 1. The van der Waals surface area contributed by atoms with E-state index in [4.69, 9.17) is 0 Å². The predicted octanol–water partition coefficient (Wildman–Crippen LogP) is 5.68. The molecule has 2 amide bonds. The maximum Gasteiger partial charge on any atom is 0.421 e. The molecular formula is C32H44F3N7O2. The number of hydrogen-bond donors (Lipinski definition) is 3. The molecule has 44 heavy (non-hydrogen) atoms. The first kappa shape index (κ1) is 32.0. The van der Waals surface area contributed by atoms with Crippen LogP contribution in [0.3, 0.4) is 0 Å². The summed E-state index contributed by atoms with van der Waals surface area (Å²) in [6.45, 7) is 4.11. The molecule has 1 saturated heterocycles. The van der Waals surface area contributed by atoms with Gasteiger partial charge in [-0.3, -0.25) is 9.59 Å². The van der Waals surface area contributed by atoms with Gasteiger partial charge >= 0.3 is 6.18 Å². The molecule has 2 aliphatic carbocycles. The summed E-state index contributed by atoms with van der Waals surface area (Å²) in [5.74, 6) is -0.315. The van der Waals surface area contributed by atoms with Gasteiger partial charge in [0.05, 0.1) is 5.92 Å². The zero-order valence-corrected chi connectivity index (χ0v) is 25.8. The highest BCUT2D eigenvalue weighted by atomic mass is 19.4. The number of benzene rings is 1. The molecule has 1 aromatic carbocycles. The number of halogens is 3. The van der Waals surface area contributed by atoms with Gasteiger partial charge in [-0.05, 0) is 102 Å². The Morgan fingerprint density at radius 3 is 2.32 bits per heavy atom. The highest BCUT2D eigenvalue weighted by molar-refractivity contribution is 5.94. The van der Waals surface area contributed by atoms with Crippen molar-refractivity contribution in [2.75, 3.05) is 37.8 Å². The van der Waals surface area contributed by atoms with Crippen LogP contribution in [0.15, 0.2) is 30.5 Å². The molecule has 2 aromatic rings. The van der Waals surface area contributed by atoms with E-state index in [0.29, 0.717) is 30.0 Å². The van der Waals surface area contributed by atoms with E-state index in [-0.39, 0.29) is 35.7 Å². The first-order valence-corrected chi connectivity index (χ1v) is 15.8. The molecule has 240 valence electrons. The SMILES string of the molecule is CN1CCC(N(C)C(=O)c2ccc(Nc3ncc(C(F)(F)F)c(N[C@@H]4CCC[C@@H]4C(=O)N[C@H]4CC[C@H](C)CC4)n3)cc2)CC1. The van der Waals surface area contributed by atoms with Crippen molar-refractivity contribution in [3.63, 3.8) is 0 Å². The molecular weight excluding hydrogens is 571 g/mol. The van der Waals surface area contributed by atoms with Gasteiger partial charge in [0.25, 0.3) is 5.91 Å². The fourth-order valence-electron chi connectivity index (χ4n) is 6.67. The molecule has 1 aromatic heterocycles. The van der Waals surface area contributed by atoms with Gasteiger partial charge in [-0.2, -0.15) is 18.2 Å². The van der Waals surface area contributed by atoms with E-state index in [9.17, 15) is 22.8 Å². The second-order valence-electron chi connectivity index (χ2n) is 12.9. The second-order valence-corrected chi connectivity index (χ2v) is 12.9. The van der Waals surface area contributed by atoms with Crippen LogP contribution >= 0.6 is 0 Å². The van der Waals surface area contributed by atoms with Crippen LogP contribution in [0.2, 0.25) is 0 Å². The third-order valence-electron chi connectivity index (χ3n) is 9.58. The van der Waals surface area contributed by atoms with Crippen LogP contribution in [0, 0.1) is 11.8 Å². The monoisotopic (exact) mass is 615 g/mol. The molecule has 9 nitrogen and oxygen atoms in total. The first-order chi connectivity index (χ1) is 21.0. The molecule has 0 unspecified atom stereocenters. The molecule has 2 heterocycles. The number of anilines is 3. The van der Waals surface area contributed by atoms with Gasteiger partial charge in [-0.1, -0.05) is 13.3 Å². The number of nitrogens with zero attached hydrogens (tertiary/aromatic N) is 4. The van der Waals surface area contributed by atoms with Crippen molar-refractivity contribution in [1.82, 2.24) is 25.1 Å². The van der Waals surface area contributed by atoms with Crippen LogP contribution in [0.5, 0.6) is 0 Å². The summed E-state index contributed by atoms with van der Waals surface area (Å²) in [7, 11) is 3.90. The summed E-state index contributed by atoms with van der Waals surface area (Å²) in [6.07, 6.45) is 3.87. The number of hydrogen-bond acceptors (Lipinski definition) is 7. The number of rotatable bonds is 8. The molecule has 0 spiro atoms. The van der Waals surface area contributed by atoms with Crippen LogP contribution in [0.1, 0.15) is 80.6 Å². The number of aromatic nitrogens is 2. The predicted molar refractivity (Wildman–Crippen MR) is 164 cm³/mol.